The molecular formula is C11H13BrClN3. The van der Waals surface area contributed by atoms with Crippen molar-refractivity contribution in [3.05, 3.63) is 33.3 Å². The van der Waals surface area contributed by atoms with Gasteiger partial charge in [0, 0.05) is 11.0 Å². The van der Waals surface area contributed by atoms with Gasteiger partial charge in [0.15, 0.2) is 5.96 Å². The summed E-state index contributed by atoms with van der Waals surface area (Å²) in [5.41, 5.74) is 7.01. The molecule has 0 amide bonds. The van der Waals surface area contributed by atoms with E-state index in [4.69, 9.17) is 17.3 Å². The van der Waals surface area contributed by atoms with Crippen LogP contribution in [0.3, 0.4) is 0 Å². The third kappa shape index (κ3) is 2.04. The van der Waals surface area contributed by atoms with Crippen LogP contribution in [0, 0.1) is 0 Å². The zero-order valence-electron chi connectivity index (χ0n) is 8.95. The minimum absolute atomic E-state index is 0.235. The molecule has 1 atom stereocenters. The van der Waals surface area contributed by atoms with E-state index in [-0.39, 0.29) is 6.04 Å². The Hall–Kier alpha value is -0.740. The van der Waals surface area contributed by atoms with Crippen LogP contribution in [0.4, 0.5) is 0 Å². The fourth-order valence-electron chi connectivity index (χ4n) is 1.92. The summed E-state index contributed by atoms with van der Waals surface area (Å²) in [6.45, 7) is 3.65. The molecule has 1 aliphatic rings. The summed E-state index contributed by atoms with van der Waals surface area (Å²) in [7, 11) is 0. The third-order valence-corrected chi connectivity index (χ3v) is 3.98. The molecule has 0 fully saturated rings. The van der Waals surface area contributed by atoms with Gasteiger partial charge in [-0.2, -0.15) is 0 Å². The first-order chi connectivity index (χ1) is 7.63. The molecule has 1 heterocycles. The number of nitrogens with two attached hydrogens (primary N) is 1. The summed E-state index contributed by atoms with van der Waals surface area (Å²) in [4.78, 5) is 6.36. The monoisotopic (exact) mass is 301 g/mol. The maximum absolute atomic E-state index is 5.97. The van der Waals surface area contributed by atoms with Crippen molar-refractivity contribution in [3.63, 3.8) is 0 Å². The number of hydrogen-bond donors (Lipinski definition) is 1. The average molecular weight is 303 g/mol. The second-order valence-electron chi connectivity index (χ2n) is 3.67. The summed E-state index contributed by atoms with van der Waals surface area (Å²) in [6.07, 6.45) is 0. The molecule has 1 unspecified atom stereocenters. The second kappa shape index (κ2) is 4.63. The molecule has 2 rings (SSSR count). The highest BCUT2D eigenvalue weighted by atomic mass is 79.9. The topological polar surface area (TPSA) is 41.6 Å². The first kappa shape index (κ1) is 11.7. The van der Waals surface area contributed by atoms with E-state index in [1.165, 1.54) is 5.56 Å². The van der Waals surface area contributed by atoms with Crippen molar-refractivity contribution in [2.75, 3.05) is 13.1 Å². The molecule has 0 spiro atoms. The average Bonchev–Trinajstić information content (AvgIpc) is 2.63. The largest absolute Gasteiger partial charge is 0.370 e. The molecule has 0 saturated heterocycles. The predicted octanol–water partition coefficient (Wildman–Crippen LogP) is 2.79. The lowest BCUT2D eigenvalue weighted by Gasteiger charge is -2.25. The predicted molar refractivity (Wildman–Crippen MR) is 70.8 cm³/mol. The van der Waals surface area contributed by atoms with Crippen LogP contribution in [0.1, 0.15) is 18.5 Å². The molecule has 2 N–H and O–H groups in total. The molecule has 0 aliphatic carbocycles. The Kier molecular flexibility index (Phi) is 3.40. The zero-order chi connectivity index (χ0) is 11.7. The number of rotatable bonds is 2. The lowest BCUT2D eigenvalue weighted by Crippen LogP contribution is -2.35. The van der Waals surface area contributed by atoms with Crippen LogP contribution in [0.2, 0.25) is 5.02 Å². The fraction of sp³-hybridized carbons (Fsp3) is 0.364. The molecule has 1 aromatic carbocycles. The van der Waals surface area contributed by atoms with Crippen LogP contribution >= 0.6 is 27.5 Å². The zero-order valence-corrected chi connectivity index (χ0v) is 11.3. The number of aliphatic imine (C=N–C) groups is 1. The van der Waals surface area contributed by atoms with Gasteiger partial charge in [-0.25, -0.2) is 0 Å². The highest BCUT2D eigenvalue weighted by Crippen LogP contribution is 2.30. The number of likely N-dealkylation sites (N-methyl/N-ethyl adjacent to an activating group) is 1. The van der Waals surface area contributed by atoms with Crippen molar-refractivity contribution >= 4 is 33.5 Å². The van der Waals surface area contributed by atoms with Gasteiger partial charge in [-0.3, -0.25) is 4.99 Å². The molecule has 0 aromatic heterocycles. The Labute approximate surface area is 108 Å². The lowest BCUT2D eigenvalue weighted by atomic mass is 10.1. The van der Waals surface area contributed by atoms with E-state index in [1.54, 1.807) is 0 Å². The molecule has 1 aliphatic heterocycles. The normalized spacial score (nSPS) is 20.1. The van der Waals surface area contributed by atoms with Crippen LogP contribution in [-0.4, -0.2) is 23.9 Å². The standard InChI is InChI=1S/C11H13BrClN3/c1-2-16-10(6-15-11(16)14)7-3-4-9(13)8(12)5-7/h3-5,10H,2,6H2,1H3,(H2,14,15). The van der Waals surface area contributed by atoms with Gasteiger partial charge in [0.1, 0.15) is 0 Å². The molecule has 1 aromatic rings. The van der Waals surface area contributed by atoms with Crippen molar-refractivity contribution in [2.45, 2.75) is 13.0 Å². The van der Waals surface area contributed by atoms with E-state index in [9.17, 15) is 0 Å². The van der Waals surface area contributed by atoms with Gasteiger partial charge >= 0.3 is 0 Å². The minimum Gasteiger partial charge on any atom is -0.370 e. The summed E-state index contributed by atoms with van der Waals surface area (Å²) in [5, 5.41) is 0.721. The Morgan fingerprint density at radius 1 is 1.62 bits per heavy atom. The summed E-state index contributed by atoms with van der Waals surface area (Å²) < 4.78 is 0.910. The van der Waals surface area contributed by atoms with Crippen molar-refractivity contribution in [1.82, 2.24) is 4.90 Å². The number of guanidine groups is 1. The van der Waals surface area contributed by atoms with E-state index in [0.29, 0.717) is 12.5 Å². The van der Waals surface area contributed by atoms with Crippen molar-refractivity contribution in [3.8, 4) is 0 Å². The minimum atomic E-state index is 0.235. The third-order valence-electron chi connectivity index (χ3n) is 2.77. The van der Waals surface area contributed by atoms with Gasteiger partial charge in [0.2, 0.25) is 0 Å². The van der Waals surface area contributed by atoms with Crippen LogP contribution in [0.5, 0.6) is 0 Å². The van der Waals surface area contributed by atoms with E-state index >= 15 is 0 Å². The Bertz CT molecular complexity index is 433. The molecular weight excluding hydrogens is 289 g/mol. The summed E-state index contributed by atoms with van der Waals surface area (Å²) >= 11 is 9.40. The molecule has 0 radical (unpaired) electrons. The lowest BCUT2D eigenvalue weighted by molar-refractivity contribution is 0.364. The van der Waals surface area contributed by atoms with Crippen LogP contribution < -0.4 is 5.73 Å². The SMILES string of the molecule is CCN1C(N)=NCC1c1ccc(Cl)c(Br)c1. The Morgan fingerprint density at radius 2 is 2.38 bits per heavy atom. The van der Waals surface area contributed by atoms with Gasteiger partial charge in [-0.1, -0.05) is 17.7 Å². The van der Waals surface area contributed by atoms with Gasteiger partial charge in [0.25, 0.3) is 0 Å². The number of hydrogen-bond acceptors (Lipinski definition) is 3. The molecule has 3 nitrogen and oxygen atoms in total. The molecule has 0 saturated carbocycles. The highest BCUT2D eigenvalue weighted by Gasteiger charge is 2.26. The number of benzene rings is 1. The van der Waals surface area contributed by atoms with Gasteiger partial charge in [-0.05, 0) is 40.5 Å². The maximum Gasteiger partial charge on any atom is 0.191 e. The van der Waals surface area contributed by atoms with Crippen LogP contribution in [0.15, 0.2) is 27.7 Å². The Balaban J connectivity index is 2.28. The van der Waals surface area contributed by atoms with E-state index in [1.807, 2.05) is 18.2 Å². The van der Waals surface area contributed by atoms with Gasteiger partial charge in [0.05, 0.1) is 17.6 Å². The quantitative estimate of drug-likeness (QED) is 0.913. The van der Waals surface area contributed by atoms with Gasteiger partial charge < -0.3 is 10.6 Å². The smallest absolute Gasteiger partial charge is 0.191 e. The van der Waals surface area contributed by atoms with Crippen LogP contribution in [0.25, 0.3) is 0 Å². The summed E-state index contributed by atoms with van der Waals surface area (Å²) in [6, 6.07) is 6.18. The van der Waals surface area contributed by atoms with E-state index in [2.05, 4.69) is 32.7 Å². The van der Waals surface area contributed by atoms with Crippen LogP contribution in [-0.2, 0) is 0 Å². The van der Waals surface area contributed by atoms with Gasteiger partial charge in [-0.15, -0.1) is 0 Å². The van der Waals surface area contributed by atoms with Crippen molar-refractivity contribution in [2.24, 2.45) is 10.7 Å². The molecule has 16 heavy (non-hydrogen) atoms. The second-order valence-corrected chi connectivity index (χ2v) is 4.94. The first-order valence-electron chi connectivity index (χ1n) is 5.15. The molecule has 86 valence electrons. The van der Waals surface area contributed by atoms with Crippen molar-refractivity contribution < 1.29 is 0 Å². The maximum atomic E-state index is 5.97. The van der Waals surface area contributed by atoms with E-state index < -0.39 is 0 Å². The number of nitrogens with zero attached hydrogens (tertiary/aromatic N) is 2. The molecule has 5 heteroatoms. The molecule has 0 bridgehead atoms. The first-order valence-corrected chi connectivity index (χ1v) is 6.32. The number of halogens is 2. The fourth-order valence-corrected chi connectivity index (χ4v) is 2.43. The highest BCUT2D eigenvalue weighted by molar-refractivity contribution is 9.10. The summed E-state index contributed by atoms with van der Waals surface area (Å²) in [5.74, 6) is 0.624. The Morgan fingerprint density at radius 3 is 3.00 bits per heavy atom. The van der Waals surface area contributed by atoms with E-state index in [0.717, 1.165) is 16.0 Å². The van der Waals surface area contributed by atoms with Crippen molar-refractivity contribution in [1.29, 1.82) is 0 Å².